The van der Waals surface area contributed by atoms with Crippen LogP contribution < -0.4 is 16.0 Å². The Bertz CT molecular complexity index is 1310. The molecule has 2 aliphatic heterocycles. The van der Waals surface area contributed by atoms with Gasteiger partial charge in [-0.3, -0.25) is 14.5 Å². The zero-order chi connectivity index (χ0) is 22.8. The van der Waals surface area contributed by atoms with E-state index in [-0.39, 0.29) is 22.6 Å². The topological polar surface area (TPSA) is 99.2 Å². The summed E-state index contributed by atoms with van der Waals surface area (Å²) in [6.07, 6.45) is 0.849. The second-order valence-electron chi connectivity index (χ2n) is 9.51. The third kappa shape index (κ3) is 2.45. The standard InChI is InChI=1S/C26H24N4O2/c1-15-8-4-7-11-19(15)30-20-12-25(2,3)13-21(31)22(20)26(17(14-27)23(30)28)16-9-5-6-10-18(16)29-24(26)32/h4-11H,12-13,28H2,1-3H3,(H,29,32). The van der Waals surface area contributed by atoms with Crippen molar-refractivity contribution in [1.82, 2.24) is 0 Å². The molecule has 1 spiro atoms. The van der Waals surface area contributed by atoms with Gasteiger partial charge in [0.15, 0.2) is 5.78 Å². The molecule has 32 heavy (non-hydrogen) atoms. The Balaban J connectivity index is 1.92. The van der Waals surface area contributed by atoms with Gasteiger partial charge in [0.1, 0.15) is 17.3 Å². The van der Waals surface area contributed by atoms with Crippen LogP contribution in [0.1, 0.15) is 37.8 Å². The molecule has 0 fully saturated rings. The lowest BCUT2D eigenvalue weighted by Gasteiger charge is -2.47. The molecule has 3 aliphatic rings. The van der Waals surface area contributed by atoms with Gasteiger partial charge >= 0.3 is 0 Å². The van der Waals surface area contributed by atoms with Crippen molar-refractivity contribution in [2.45, 2.75) is 39.0 Å². The summed E-state index contributed by atoms with van der Waals surface area (Å²) in [7, 11) is 0. The first-order valence-corrected chi connectivity index (χ1v) is 10.7. The molecule has 0 bridgehead atoms. The van der Waals surface area contributed by atoms with Crippen molar-refractivity contribution in [3.8, 4) is 6.07 Å². The molecule has 1 amide bonds. The predicted octanol–water partition coefficient (Wildman–Crippen LogP) is 4.04. The highest BCUT2D eigenvalue weighted by Crippen LogP contribution is 2.57. The molecule has 1 aliphatic carbocycles. The number of nitrogens with one attached hydrogen (secondary N) is 1. The number of aryl methyl sites for hydroxylation is 1. The minimum Gasteiger partial charge on any atom is -0.384 e. The monoisotopic (exact) mass is 424 g/mol. The number of rotatable bonds is 1. The van der Waals surface area contributed by atoms with E-state index in [4.69, 9.17) is 5.73 Å². The number of nitrogens with two attached hydrogens (primary N) is 1. The summed E-state index contributed by atoms with van der Waals surface area (Å²) in [5.74, 6) is -0.331. The quantitative estimate of drug-likeness (QED) is 0.720. The van der Waals surface area contributed by atoms with Gasteiger partial charge in [-0.1, -0.05) is 50.2 Å². The molecule has 2 aromatic carbocycles. The van der Waals surface area contributed by atoms with E-state index in [0.717, 1.165) is 11.3 Å². The highest BCUT2D eigenvalue weighted by molar-refractivity contribution is 6.20. The van der Waals surface area contributed by atoms with Gasteiger partial charge in [-0.15, -0.1) is 0 Å². The van der Waals surface area contributed by atoms with Crippen LogP contribution in [0.4, 0.5) is 11.4 Å². The van der Waals surface area contributed by atoms with E-state index < -0.39 is 11.3 Å². The fourth-order valence-electron chi connectivity index (χ4n) is 5.46. The fourth-order valence-corrected chi connectivity index (χ4v) is 5.46. The van der Waals surface area contributed by atoms with E-state index in [2.05, 4.69) is 11.4 Å². The number of hydrogen-bond acceptors (Lipinski definition) is 5. The van der Waals surface area contributed by atoms with Crippen LogP contribution in [0.25, 0.3) is 0 Å². The molecular formula is C26H24N4O2. The maximum atomic E-state index is 13.8. The molecule has 0 radical (unpaired) electrons. The first kappa shape index (κ1) is 20.1. The Labute approximate surface area is 187 Å². The van der Waals surface area contributed by atoms with E-state index in [9.17, 15) is 14.9 Å². The lowest BCUT2D eigenvalue weighted by molar-refractivity contribution is -0.123. The summed E-state index contributed by atoms with van der Waals surface area (Å²) in [5, 5.41) is 13.2. The molecule has 2 aromatic rings. The summed E-state index contributed by atoms with van der Waals surface area (Å²) in [5.41, 5.74) is 9.00. The highest BCUT2D eigenvalue weighted by atomic mass is 16.2. The molecular weight excluding hydrogens is 400 g/mol. The maximum Gasteiger partial charge on any atom is 0.245 e. The smallest absolute Gasteiger partial charge is 0.245 e. The fraction of sp³-hybridized carbons (Fsp3) is 0.269. The lowest BCUT2D eigenvalue weighted by atomic mass is 9.60. The first-order chi connectivity index (χ1) is 15.2. The largest absolute Gasteiger partial charge is 0.384 e. The van der Waals surface area contributed by atoms with E-state index in [1.54, 1.807) is 12.1 Å². The Morgan fingerprint density at radius 2 is 1.75 bits per heavy atom. The van der Waals surface area contributed by atoms with Crippen LogP contribution in [-0.4, -0.2) is 11.7 Å². The normalized spacial score (nSPS) is 23.8. The number of hydrogen-bond donors (Lipinski definition) is 2. The van der Waals surface area contributed by atoms with Gasteiger partial charge in [0, 0.05) is 28.9 Å². The van der Waals surface area contributed by atoms with E-state index >= 15 is 0 Å². The molecule has 6 nitrogen and oxygen atoms in total. The van der Waals surface area contributed by atoms with Crippen molar-refractivity contribution in [3.63, 3.8) is 0 Å². The molecule has 2 heterocycles. The molecule has 0 saturated carbocycles. The average molecular weight is 425 g/mol. The number of ketones is 1. The van der Waals surface area contributed by atoms with Gasteiger partial charge in [-0.05, 0) is 36.5 Å². The molecule has 6 heteroatoms. The van der Waals surface area contributed by atoms with E-state index in [0.29, 0.717) is 35.4 Å². The van der Waals surface area contributed by atoms with Crippen LogP contribution >= 0.6 is 0 Å². The number of carbonyl (C=O) groups is 2. The van der Waals surface area contributed by atoms with Crippen LogP contribution in [0.5, 0.6) is 0 Å². The molecule has 1 atom stereocenters. The van der Waals surface area contributed by atoms with Crippen molar-refractivity contribution in [2.75, 3.05) is 10.2 Å². The SMILES string of the molecule is Cc1ccccc1N1C(N)=C(C#N)C2(C(=O)Nc3ccccc32)C2=C1CC(C)(C)CC2=O. The number of Topliss-reactive ketones (excluding diaryl/α,β-unsaturated/α-hetero) is 1. The van der Waals surface area contributed by atoms with Crippen LogP contribution in [-0.2, 0) is 15.0 Å². The summed E-state index contributed by atoms with van der Waals surface area (Å²) < 4.78 is 0. The number of anilines is 2. The van der Waals surface area contributed by atoms with Gasteiger partial charge in [0.2, 0.25) is 5.91 Å². The van der Waals surface area contributed by atoms with Crippen molar-refractivity contribution >= 4 is 23.1 Å². The van der Waals surface area contributed by atoms with E-state index in [1.807, 2.05) is 62.1 Å². The Kier molecular flexibility index (Phi) is 4.12. The predicted molar refractivity (Wildman–Crippen MR) is 122 cm³/mol. The Morgan fingerprint density at radius 3 is 2.47 bits per heavy atom. The lowest BCUT2D eigenvalue weighted by Crippen LogP contribution is -2.52. The number of amides is 1. The highest BCUT2D eigenvalue weighted by Gasteiger charge is 2.61. The molecule has 1 unspecified atom stereocenters. The number of allylic oxidation sites excluding steroid dienone is 1. The second-order valence-corrected chi connectivity index (χ2v) is 9.51. The summed E-state index contributed by atoms with van der Waals surface area (Å²) in [6.45, 7) is 6.05. The van der Waals surface area contributed by atoms with Gasteiger partial charge in [0.05, 0.1) is 11.3 Å². The van der Waals surface area contributed by atoms with Crippen LogP contribution in [0.3, 0.4) is 0 Å². The minimum atomic E-state index is -1.53. The number of benzene rings is 2. The average Bonchev–Trinajstić information content (AvgIpc) is 3.01. The van der Waals surface area contributed by atoms with Crippen molar-refractivity contribution in [1.29, 1.82) is 5.26 Å². The Hall–Kier alpha value is -3.85. The zero-order valence-corrected chi connectivity index (χ0v) is 18.3. The molecule has 3 N–H and O–H groups in total. The van der Waals surface area contributed by atoms with Crippen LogP contribution in [0.2, 0.25) is 0 Å². The van der Waals surface area contributed by atoms with Crippen LogP contribution in [0.15, 0.2) is 71.2 Å². The Morgan fingerprint density at radius 1 is 1.06 bits per heavy atom. The van der Waals surface area contributed by atoms with Gasteiger partial charge in [-0.2, -0.15) is 5.26 Å². The molecule has 0 aromatic heterocycles. The number of nitriles is 1. The van der Waals surface area contributed by atoms with Crippen molar-refractivity contribution in [3.05, 3.63) is 82.3 Å². The second kappa shape index (κ2) is 6.57. The summed E-state index contributed by atoms with van der Waals surface area (Å²) in [6, 6.07) is 17.2. The minimum absolute atomic E-state index is 0.0926. The summed E-state index contributed by atoms with van der Waals surface area (Å²) >= 11 is 0. The van der Waals surface area contributed by atoms with Crippen molar-refractivity contribution in [2.24, 2.45) is 11.1 Å². The number of para-hydroxylation sites is 2. The molecule has 0 saturated heterocycles. The van der Waals surface area contributed by atoms with Gasteiger partial charge in [-0.25, -0.2) is 0 Å². The van der Waals surface area contributed by atoms with Gasteiger partial charge in [0.25, 0.3) is 0 Å². The number of fused-ring (bicyclic) bond motifs is 3. The summed E-state index contributed by atoms with van der Waals surface area (Å²) in [4.78, 5) is 29.2. The van der Waals surface area contributed by atoms with Crippen LogP contribution in [0, 0.1) is 23.7 Å². The maximum absolute atomic E-state index is 13.8. The molecule has 5 rings (SSSR count). The third-order valence-electron chi connectivity index (χ3n) is 6.76. The zero-order valence-electron chi connectivity index (χ0n) is 18.3. The van der Waals surface area contributed by atoms with Crippen molar-refractivity contribution < 1.29 is 9.59 Å². The van der Waals surface area contributed by atoms with Gasteiger partial charge < -0.3 is 11.1 Å². The van der Waals surface area contributed by atoms with E-state index in [1.165, 1.54) is 0 Å². The molecule has 160 valence electrons. The first-order valence-electron chi connectivity index (χ1n) is 10.7. The number of nitrogens with zero attached hydrogens (tertiary/aromatic N) is 2. The number of carbonyl (C=O) groups excluding carboxylic acids is 2. The third-order valence-corrected chi connectivity index (χ3v) is 6.76.